The minimum atomic E-state index is 0.957. The number of rotatable bonds is 0. The van der Waals surface area contributed by atoms with Crippen LogP contribution in [0.15, 0.2) is 34.7 Å². The number of hydrogen-bond donors (Lipinski definition) is 0. The molecule has 50 valence electrons. The average molecular weight is 132 g/mol. The van der Waals surface area contributed by atoms with Crippen molar-refractivity contribution in [2.45, 2.75) is 6.92 Å². The van der Waals surface area contributed by atoms with Gasteiger partial charge >= 0.3 is 0 Å². The van der Waals surface area contributed by atoms with Crippen molar-refractivity contribution in [2.75, 3.05) is 0 Å². The molecule has 0 saturated carbocycles. The standard InChI is InChI=1S/C9H8O/c1-7-5-6-8-3-2-4-9(8)10-7/h2-6H,1H3. The highest BCUT2D eigenvalue weighted by atomic mass is 16.3. The lowest BCUT2D eigenvalue weighted by Crippen LogP contribution is -1.74. The molecule has 0 fully saturated rings. The van der Waals surface area contributed by atoms with Crippen molar-refractivity contribution in [3.05, 3.63) is 36.1 Å². The first-order valence-electron chi connectivity index (χ1n) is 3.31. The predicted octanol–water partition coefficient (Wildman–Crippen LogP) is 2.69. The van der Waals surface area contributed by atoms with Gasteiger partial charge in [0, 0.05) is 5.56 Å². The number of fused-ring (bicyclic) bond motifs is 1. The molecule has 0 aromatic rings. The van der Waals surface area contributed by atoms with Gasteiger partial charge in [0.25, 0.3) is 0 Å². The highest BCUT2D eigenvalue weighted by Gasteiger charge is 2.01. The zero-order chi connectivity index (χ0) is 6.97. The first-order valence-corrected chi connectivity index (χ1v) is 3.31. The third-order valence-electron chi connectivity index (χ3n) is 1.58. The van der Waals surface area contributed by atoms with Gasteiger partial charge in [-0.25, -0.2) is 0 Å². The van der Waals surface area contributed by atoms with Gasteiger partial charge in [-0.3, -0.25) is 0 Å². The Labute approximate surface area is 59.6 Å². The highest BCUT2D eigenvalue weighted by Crippen LogP contribution is 2.23. The van der Waals surface area contributed by atoms with Crippen LogP contribution < -0.4 is 0 Å². The van der Waals surface area contributed by atoms with E-state index in [4.69, 9.17) is 4.42 Å². The largest absolute Gasteiger partial charge is 0.461 e. The summed E-state index contributed by atoms with van der Waals surface area (Å²) < 4.78 is 5.40. The quantitative estimate of drug-likeness (QED) is 0.537. The van der Waals surface area contributed by atoms with Crippen LogP contribution in [0.1, 0.15) is 5.76 Å². The van der Waals surface area contributed by atoms with Crippen molar-refractivity contribution in [1.29, 1.82) is 0 Å². The van der Waals surface area contributed by atoms with Gasteiger partial charge in [0.2, 0.25) is 0 Å². The fourth-order valence-corrected chi connectivity index (χ4v) is 1.06. The summed E-state index contributed by atoms with van der Waals surface area (Å²) in [6, 6.07) is 10.0. The Bertz CT molecular complexity index is 309. The fraction of sp³-hybridized carbons (Fsp3) is 0.111. The van der Waals surface area contributed by atoms with Crippen molar-refractivity contribution in [2.24, 2.45) is 0 Å². The van der Waals surface area contributed by atoms with Gasteiger partial charge in [-0.15, -0.1) is 0 Å². The lowest BCUT2D eigenvalue weighted by Gasteiger charge is -1.97. The summed E-state index contributed by atoms with van der Waals surface area (Å²) in [7, 11) is 0. The minimum Gasteiger partial charge on any atom is -0.461 e. The molecule has 0 aromatic heterocycles. The molecule has 0 bridgehead atoms. The van der Waals surface area contributed by atoms with Crippen molar-refractivity contribution in [1.82, 2.24) is 0 Å². The van der Waals surface area contributed by atoms with Crippen molar-refractivity contribution >= 4 is 0 Å². The molecule has 2 rings (SSSR count). The second-order valence-electron chi connectivity index (χ2n) is 2.39. The monoisotopic (exact) mass is 132 g/mol. The molecule has 2 aliphatic rings. The van der Waals surface area contributed by atoms with Gasteiger partial charge in [0.05, 0.1) is 0 Å². The molecule has 1 nitrogen and oxygen atoms in total. The van der Waals surface area contributed by atoms with E-state index in [0.29, 0.717) is 0 Å². The maximum absolute atomic E-state index is 5.40. The van der Waals surface area contributed by atoms with E-state index in [1.807, 2.05) is 31.2 Å². The maximum atomic E-state index is 5.40. The second-order valence-corrected chi connectivity index (χ2v) is 2.39. The van der Waals surface area contributed by atoms with Crippen LogP contribution >= 0.6 is 0 Å². The zero-order valence-electron chi connectivity index (χ0n) is 5.79. The van der Waals surface area contributed by atoms with Crippen molar-refractivity contribution < 1.29 is 4.42 Å². The van der Waals surface area contributed by atoms with Gasteiger partial charge in [0.1, 0.15) is 11.5 Å². The van der Waals surface area contributed by atoms with E-state index < -0.39 is 0 Å². The summed E-state index contributed by atoms with van der Waals surface area (Å²) in [6.07, 6.45) is 0. The topological polar surface area (TPSA) is 13.1 Å². The normalized spacial score (nSPS) is 10.5. The van der Waals surface area contributed by atoms with Crippen LogP contribution in [0, 0.1) is 6.92 Å². The van der Waals surface area contributed by atoms with Gasteiger partial charge in [-0.1, -0.05) is 12.1 Å². The summed E-state index contributed by atoms with van der Waals surface area (Å²) in [4.78, 5) is 0. The Morgan fingerprint density at radius 3 is 2.90 bits per heavy atom. The first kappa shape index (κ1) is 5.54. The van der Waals surface area contributed by atoms with Crippen LogP contribution in [0.3, 0.4) is 0 Å². The molecule has 10 heavy (non-hydrogen) atoms. The molecule has 0 aromatic carbocycles. The third-order valence-corrected chi connectivity index (χ3v) is 1.58. The lowest BCUT2D eigenvalue weighted by molar-refractivity contribution is 0.532. The Hall–Kier alpha value is -1.24. The summed E-state index contributed by atoms with van der Waals surface area (Å²) in [5.41, 5.74) is 1.17. The smallest absolute Gasteiger partial charge is 0.134 e. The summed E-state index contributed by atoms with van der Waals surface area (Å²) in [6.45, 7) is 1.95. The second kappa shape index (κ2) is 1.87. The molecule has 0 amide bonds. The van der Waals surface area contributed by atoms with E-state index in [0.717, 1.165) is 11.5 Å². The average Bonchev–Trinajstić information content (AvgIpc) is 2.33. The van der Waals surface area contributed by atoms with Crippen LogP contribution in [-0.4, -0.2) is 0 Å². The summed E-state index contributed by atoms with van der Waals surface area (Å²) in [5, 5.41) is 0. The first-order chi connectivity index (χ1) is 4.86. The Morgan fingerprint density at radius 2 is 2.00 bits per heavy atom. The van der Waals surface area contributed by atoms with Gasteiger partial charge in [-0.05, 0) is 25.1 Å². The molecule has 0 unspecified atom stereocenters. The van der Waals surface area contributed by atoms with Gasteiger partial charge in [-0.2, -0.15) is 0 Å². The van der Waals surface area contributed by atoms with Gasteiger partial charge in [0.15, 0.2) is 0 Å². The Kier molecular flexibility index (Phi) is 1.04. The Balaban J connectivity index is 2.75. The summed E-state index contributed by atoms with van der Waals surface area (Å²) >= 11 is 0. The minimum absolute atomic E-state index is 0.957. The molecular formula is C9H8O. The SMILES string of the molecule is Cc1ccc2cccc-2o1. The maximum Gasteiger partial charge on any atom is 0.134 e. The summed E-state index contributed by atoms with van der Waals surface area (Å²) in [5.74, 6) is 1.93. The van der Waals surface area contributed by atoms with Crippen LogP contribution in [0.2, 0.25) is 0 Å². The zero-order valence-corrected chi connectivity index (χ0v) is 5.79. The third kappa shape index (κ3) is 0.711. The van der Waals surface area contributed by atoms with E-state index in [9.17, 15) is 0 Å². The van der Waals surface area contributed by atoms with E-state index in [2.05, 4.69) is 6.07 Å². The molecule has 1 aliphatic carbocycles. The molecule has 0 atom stereocenters. The highest BCUT2D eigenvalue weighted by molar-refractivity contribution is 5.59. The van der Waals surface area contributed by atoms with Crippen molar-refractivity contribution in [3.8, 4) is 11.3 Å². The van der Waals surface area contributed by atoms with E-state index in [-0.39, 0.29) is 0 Å². The Morgan fingerprint density at radius 1 is 1.10 bits per heavy atom. The van der Waals surface area contributed by atoms with Crippen LogP contribution in [-0.2, 0) is 0 Å². The predicted molar refractivity (Wildman–Crippen MR) is 40.1 cm³/mol. The number of aryl methyl sites for hydroxylation is 1. The molecule has 1 heteroatoms. The molecule has 1 aliphatic heterocycles. The molecule has 1 heterocycles. The van der Waals surface area contributed by atoms with Gasteiger partial charge < -0.3 is 4.42 Å². The molecule has 0 saturated heterocycles. The van der Waals surface area contributed by atoms with E-state index in [1.165, 1.54) is 5.56 Å². The van der Waals surface area contributed by atoms with Crippen LogP contribution in [0.25, 0.3) is 11.3 Å². The molecule has 0 radical (unpaired) electrons. The fourth-order valence-electron chi connectivity index (χ4n) is 1.06. The van der Waals surface area contributed by atoms with Crippen LogP contribution in [0.5, 0.6) is 0 Å². The molecule has 0 spiro atoms. The van der Waals surface area contributed by atoms with Crippen molar-refractivity contribution in [3.63, 3.8) is 0 Å². The van der Waals surface area contributed by atoms with Crippen LogP contribution in [0.4, 0.5) is 0 Å². The molecular weight excluding hydrogens is 124 g/mol. The molecule has 0 N–H and O–H groups in total. The number of hydrogen-bond acceptors (Lipinski definition) is 1. The lowest BCUT2D eigenvalue weighted by atomic mass is 10.2. The van der Waals surface area contributed by atoms with E-state index in [1.54, 1.807) is 0 Å². The van der Waals surface area contributed by atoms with E-state index >= 15 is 0 Å².